The molecule has 4 aromatic carbocycles. The van der Waals surface area contributed by atoms with E-state index in [0.29, 0.717) is 16.1 Å². The predicted molar refractivity (Wildman–Crippen MR) is 167 cm³/mol. The van der Waals surface area contributed by atoms with Crippen LogP contribution in [0.4, 0.5) is 18.0 Å². The van der Waals surface area contributed by atoms with Gasteiger partial charge in [-0.25, -0.2) is 4.79 Å². The van der Waals surface area contributed by atoms with Crippen molar-refractivity contribution in [3.8, 4) is 22.3 Å². The van der Waals surface area contributed by atoms with Gasteiger partial charge in [0.25, 0.3) is 0 Å². The van der Waals surface area contributed by atoms with Crippen molar-refractivity contribution < 1.29 is 27.8 Å². The van der Waals surface area contributed by atoms with Gasteiger partial charge in [-0.2, -0.15) is 13.2 Å². The van der Waals surface area contributed by atoms with Gasteiger partial charge in [0.2, 0.25) is 0 Å². The van der Waals surface area contributed by atoms with E-state index in [-0.39, 0.29) is 6.54 Å². The van der Waals surface area contributed by atoms with Crippen molar-refractivity contribution in [2.45, 2.75) is 72.0 Å². The Labute approximate surface area is 261 Å². The molecule has 4 aromatic rings. The molecule has 230 valence electrons. The fourth-order valence-electron chi connectivity index (χ4n) is 5.87. The van der Waals surface area contributed by atoms with Gasteiger partial charge in [0.1, 0.15) is 6.10 Å². The maximum Gasteiger partial charge on any atom is 0.416 e. The first-order valence-corrected chi connectivity index (χ1v) is 14.8. The lowest BCUT2D eigenvalue weighted by atomic mass is 9.90. The van der Waals surface area contributed by atoms with E-state index in [2.05, 4.69) is 0 Å². The Bertz CT molecular complexity index is 1740. The molecule has 0 aliphatic carbocycles. The first-order chi connectivity index (χ1) is 20.5. The van der Waals surface area contributed by atoms with Crippen molar-refractivity contribution in [2.75, 3.05) is 0 Å². The molecule has 5 rings (SSSR count). The van der Waals surface area contributed by atoms with Gasteiger partial charge in [-0.1, -0.05) is 71.3 Å². The molecule has 1 saturated heterocycles. The third-order valence-corrected chi connectivity index (χ3v) is 8.58. The van der Waals surface area contributed by atoms with E-state index in [1.54, 1.807) is 38.7 Å². The van der Waals surface area contributed by atoms with Gasteiger partial charge in [0.05, 0.1) is 23.8 Å². The zero-order chi connectivity index (χ0) is 32.1. The lowest BCUT2D eigenvalue weighted by Gasteiger charge is -2.24. The van der Waals surface area contributed by atoms with E-state index in [0.717, 1.165) is 56.6 Å². The summed E-state index contributed by atoms with van der Waals surface area (Å²) in [5.74, 6) is 0. The maximum atomic E-state index is 13.5. The highest BCUT2D eigenvalue weighted by Gasteiger charge is 2.41. The number of nitrogens with zero attached hydrogens (tertiary/aromatic N) is 1. The van der Waals surface area contributed by atoms with Crippen molar-refractivity contribution in [3.05, 3.63) is 117 Å². The van der Waals surface area contributed by atoms with Gasteiger partial charge < -0.3 is 9.84 Å². The molecule has 1 fully saturated rings. The van der Waals surface area contributed by atoms with Crippen molar-refractivity contribution in [1.82, 2.24) is 4.90 Å². The van der Waals surface area contributed by atoms with E-state index in [4.69, 9.17) is 16.3 Å². The summed E-state index contributed by atoms with van der Waals surface area (Å²) in [6.45, 7) is 11.0. The number of cyclic esters (lactones) is 1. The molecule has 0 spiro atoms. The number of benzene rings is 4. The number of alkyl halides is 3. The van der Waals surface area contributed by atoms with E-state index in [1.165, 1.54) is 0 Å². The average Bonchev–Trinajstić information content (AvgIpc) is 3.21. The van der Waals surface area contributed by atoms with Gasteiger partial charge in [0.15, 0.2) is 0 Å². The van der Waals surface area contributed by atoms with Crippen LogP contribution in [0.5, 0.6) is 0 Å². The van der Waals surface area contributed by atoms with Crippen LogP contribution in [0, 0.1) is 20.8 Å². The first-order valence-electron chi connectivity index (χ1n) is 14.4. The molecule has 1 aliphatic rings. The number of aliphatic hydroxyl groups is 1. The van der Waals surface area contributed by atoms with Crippen LogP contribution in [-0.4, -0.2) is 22.1 Å². The van der Waals surface area contributed by atoms with Crippen molar-refractivity contribution in [1.29, 1.82) is 0 Å². The quantitative estimate of drug-likeness (QED) is 0.233. The highest BCUT2D eigenvalue weighted by atomic mass is 35.5. The van der Waals surface area contributed by atoms with E-state index < -0.39 is 35.6 Å². The highest BCUT2D eigenvalue weighted by molar-refractivity contribution is 6.33. The van der Waals surface area contributed by atoms with E-state index >= 15 is 0 Å². The second kappa shape index (κ2) is 11.6. The molecule has 44 heavy (non-hydrogen) atoms. The van der Waals surface area contributed by atoms with Gasteiger partial charge in [0, 0.05) is 10.6 Å². The van der Waals surface area contributed by atoms with Crippen molar-refractivity contribution in [2.24, 2.45) is 0 Å². The van der Waals surface area contributed by atoms with Crippen molar-refractivity contribution in [3.63, 3.8) is 0 Å². The summed E-state index contributed by atoms with van der Waals surface area (Å²) in [5, 5.41) is 11.0. The number of aryl methyl sites for hydroxylation is 3. The minimum atomic E-state index is -4.51. The third-order valence-electron chi connectivity index (χ3n) is 8.25. The molecule has 0 bridgehead atoms. The molecule has 1 heterocycles. The third kappa shape index (κ3) is 6.35. The van der Waals surface area contributed by atoms with Crippen LogP contribution in [0.15, 0.2) is 72.8 Å². The highest BCUT2D eigenvalue weighted by Crippen LogP contribution is 2.40. The summed E-state index contributed by atoms with van der Waals surface area (Å²) in [5.41, 5.74) is 6.25. The Morgan fingerprint density at radius 3 is 2.20 bits per heavy atom. The van der Waals surface area contributed by atoms with E-state index in [9.17, 15) is 23.1 Å². The van der Waals surface area contributed by atoms with Gasteiger partial charge in [-0.3, -0.25) is 4.90 Å². The summed E-state index contributed by atoms with van der Waals surface area (Å²) in [7, 11) is 0. The molecular formula is C36H35ClF3NO3. The van der Waals surface area contributed by atoms with E-state index in [1.807, 2.05) is 68.4 Å². The topological polar surface area (TPSA) is 49.8 Å². The normalized spacial score (nSPS) is 17.2. The average molecular weight is 622 g/mol. The predicted octanol–water partition coefficient (Wildman–Crippen LogP) is 9.93. The maximum absolute atomic E-state index is 13.5. The standard InChI is InChI=1S/C36H35ClF3NO3/c1-20-7-10-30(31-18-24(8-12-32(31)37)29-11-9-27(16-22(29)3)35(5,6)43)26(13-20)19-41-23(4)33(44-34(41)42)25-14-21(2)15-28(17-25)36(38,39)40/h7-18,23,33,43H,19H2,1-6H3/t23-,33-/m0/s1. The number of rotatable bonds is 6. The smallest absolute Gasteiger partial charge is 0.416 e. The van der Waals surface area contributed by atoms with Crippen LogP contribution < -0.4 is 0 Å². The number of carbonyl (C=O) groups is 1. The van der Waals surface area contributed by atoms with Crippen LogP contribution >= 0.6 is 11.6 Å². The van der Waals surface area contributed by atoms with Gasteiger partial charge >= 0.3 is 12.3 Å². The molecule has 1 N–H and O–H groups in total. The number of hydrogen-bond donors (Lipinski definition) is 1. The summed E-state index contributed by atoms with van der Waals surface area (Å²) in [6, 6.07) is 20.9. The van der Waals surface area contributed by atoms with Gasteiger partial charge in [-0.15, -0.1) is 0 Å². The van der Waals surface area contributed by atoms with Crippen LogP contribution in [-0.2, 0) is 23.1 Å². The summed E-state index contributed by atoms with van der Waals surface area (Å²) in [6.07, 6.45) is -5.95. The Morgan fingerprint density at radius 2 is 1.55 bits per heavy atom. The number of hydrogen-bond acceptors (Lipinski definition) is 3. The minimum Gasteiger partial charge on any atom is -0.439 e. The molecule has 1 aliphatic heterocycles. The minimum absolute atomic E-state index is 0.186. The molecule has 2 atom stereocenters. The molecule has 0 unspecified atom stereocenters. The lowest BCUT2D eigenvalue weighted by molar-refractivity contribution is -0.137. The Balaban J connectivity index is 1.50. The summed E-state index contributed by atoms with van der Waals surface area (Å²) in [4.78, 5) is 14.7. The van der Waals surface area contributed by atoms with Crippen LogP contribution in [0.25, 0.3) is 22.3 Å². The fourth-order valence-corrected chi connectivity index (χ4v) is 6.09. The van der Waals surface area contributed by atoms with Crippen molar-refractivity contribution >= 4 is 17.7 Å². The molecule has 0 aromatic heterocycles. The molecule has 1 amide bonds. The fraction of sp³-hybridized carbons (Fsp3) is 0.306. The summed E-state index contributed by atoms with van der Waals surface area (Å²) >= 11 is 6.77. The lowest BCUT2D eigenvalue weighted by Crippen LogP contribution is -2.31. The largest absolute Gasteiger partial charge is 0.439 e. The SMILES string of the molecule is Cc1cc([C@H]2OC(=O)N(Cc3cc(C)ccc3-c3cc(-c4ccc(C(C)(C)O)cc4C)ccc3Cl)[C@H]2C)cc(C(F)(F)F)c1. The number of carbonyl (C=O) groups excluding carboxylic acids is 1. The Morgan fingerprint density at radius 1 is 0.841 bits per heavy atom. The second-order valence-electron chi connectivity index (χ2n) is 12.2. The Hall–Kier alpha value is -3.81. The monoisotopic (exact) mass is 621 g/mol. The molecular weight excluding hydrogens is 587 g/mol. The van der Waals surface area contributed by atoms with Crippen LogP contribution in [0.1, 0.15) is 65.8 Å². The molecule has 4 nitrogen and oxygen atoms in total. The number of amides is 1. The zero-order valence-electron chi connectivity index (χ0n) is 25.5. The van der Waals surface area contributed by atoms with Gasteiger partial charge in [-0.05, 0) is 105 Å². The summed E-state index contributed by atoms with van der Waals surface area (Å²) < 4.78 is 46.3. The zero-order valence-corrected chi connectivity index (χ0v) is 26.3. The molecule has 8 heteroatoms. The first kappa shape index (κ1) is 31.6. The van der Waals surface area contributed by atoms with Crippen LogP contribution in [0.3, 0.4) is 0 Å². The Kier molecular flexibility index (Phi) is 8.33. The molecule has 0 radical (unpaired) electrons. The number of halogens is 4. The second-order valence-corrected chi connectivity index (χ2v) is 12.7. The molecule has 0 saturated carbocycles. The number of ether oxygens (including phenoxy) is 1. The van der Waals surface area contributed by atoms with Crippen LogP contribution in [0.2, 0.25) is 5.02 Å².